The van der Waals surface area contributed by atoms with Crippen LogP contribution in [0.15, 0.2) is 18.2 Å². The molecule has 160 valence electrons. The Kier molecular flexibility index (Phi) is 5.66. The van der Waals surface area contributed by atoms with Crippen LogP contribution in [0, 0.1) is 5.82 Å². The van der Waals surface area contributed by atoms with Crippen LogP contribution in [0.5, 0.6) is 0 Å². The topological polar surface area (TPSA) is 79.7 Å². The van der Waals surface area contributed by atoms with E-state index in [-0.39, 0.29) is 29.6 Å². The van der Waals surface area contributed by atoms with Crippen molar-refractivity contribution in [2.45, 2.75) is 32.5 Å². The third kappa shape index (κ3) is 3.87. The van der Waals surface area contributed by atoms with Crippen LogP contribution < -0.4 is 5.32 Å². The smallest absolute Gasteiger partial charge is 0.322 e. The van der Waals surface area contributed by atoms with Crippen LogP contribution >= 0.6 is 11.6 Å². The molecule has 1 atom stereocenters. The summed E-state index contributed by atoms with van der Waals surface area (Å²) in [5.41, 5.74) is 2.51. The third-order valence-electron chi connectivity index (χ3n) is 5.37. The van der Waals surface area contributed by atoms with Crippen LogP contribution in [0.25, 0.3) is 0 Å². The minimum Gasteiger partial charge on any atom is -0.375 e. The van der Waals surface area contributed by atoms with Crippen LogP contribution in [0.2, 0.25) is 5.02 Å². The van der Waals surface area contributed by atoms with Gasteiger partial charge in [-0.2, -0.15) is 5.10 Å². The van der Waals surface area contributed by atoms with Crippen LogP contribution in [0.4, 0.5) is 14.9 Å². The first-order valence-electron chi connectivity index (χ1n) is 9.84. The van der Waals surface area contributed by atoms with E-state index < -0.39 is 5.82 Å². The van der Waals surface area contributed by atoms with Crippen molar-refractivity contribution in [3.05, 3.63) is 46.0 Å². The van der Waals surface area contributed by atoms with Gasteiger partial charge in [0.15, 0.2) is 0 Å². The van der Waals surface area contributed by atoms with Gasteiger partial charge in [0.2, 0.25) is 0 Å². The van der Waals surface area contributed by atoms with Crippen LogP contribution in [-0.2, 0) is 24.2 Å². The minimum atomic E-state index is -0.548. The molecule has 8 nitrogen and oxygen atoms in total. The zero-order valence-electron chi connectivity index (χ0n) is 16.8. The standard InChI is InChI=1S/C20H23ClFN5O3/c1-3-30-13-9-25(2)19(28)18-14-11-26(7-6-17(14)24-27(18)10-13)20(29)23-12-4-5-16(22)15(21)8-12/h4-5,8,13H,3,6-7,9-11H2,1-2H3,(H,23,29). The number of rotatable bonds is 3. The number of benzene rings is 1. The molecule has 2 aliphatic heterocycles. The molecule has 4 rings (SSSR count). The Labute approximate surface area is 178 Å². The first-order valence-corrected chi connectivity index (χ1v) is 10.2. The molecule has 1 aromatic carbocycles. The first-order chi connectivity index (χ1) is 14.4. The van der Waals surface area contributed by atoms with Crippen molar-refractivity contribution in [2.75, 3.05) is 32.1 Å². The van der Waals surface area contributed by atoms with E-state index in [9.17, 15) is 14.0 Å². The fourth-order valence-electron chi connectivity index (χ4n) is 3.91. The van der Waals surface area contributed by atoms with Gasteiger partial charge in [-0.15, -0.1) is 0 Å². The highest BCUT2D eigenvalue weighted by molar-refractivity contribution is 6.31. The van der Waals surface area contributed by atoms with Gasteiger partial charge in [0.05, 0.1) is 29.9 Å². The molecule has 0 spiro atoms. The lowest BCUT2D eigenvalue weighted by Gasteiger charge is -2.27. The summed E-state index contributed by atoms with van der Waals surface area (Å²) in [5.74, 6) is -0.675. The number of hydrogen-bond donors (Lipinski definition) is 1. The van der Waals surface area contributed by atoms with E-state index in [4.69, 9.17) is 16.3 Å². The molecule has 0 bridgehead atoms. The van der Waals surface area contributed by atoms with E-state index in [0.717, 1.165) is 11.3 Å². The number of halogens is 2. The largest absolute Gasteiger partial charge is 0.375 e. The van der Waals surface area contributed by atoms with Crippen molar-refractivity contribution in [1.29, 1.82) is 0 Å². The summed E-state index contributed by atoms with van der Waals surface area (Å²) in [4.78, 5) is 29.0. The number of anilines is 1. The fourth-order valence-corrected chi connectivity index (χ4v) is 4.09. The molecule has 3 heterocycles. The van der Waals surface area contributed by atoms with Crippen LogP contribution in [-0.4, -0.2) is 64.4 Å². The second kappa shape index (κ2) is 8.23. The Morgan fingerprint density at radius 2 is 2.20 bits per heavy atom. The van der Waals surface area contributed by atoms with E-state index >= 15 is 0 Å². The van der Waals surface area contributed by atoms with Crippen molar-refractivity contribution in [1.82, 2.24) is 19.6 Å². The summed E-state index contributed by atoms with van der Waals surface area (Å²) < 4.78 is 20.8. The minimum absolute atomic E-state index is 0.0619. The quantitative estimate of drug-likeness (QED) is 0.804. The Bertz CT molecular complexity index is 995. The van der Waals surface area contributed by atoms with Gasteiger partial charge in [0.25, 0.3) is 5.91 Å². The molecule has 1 N–H and O–H groups in total. The molecule has 30 heavy (non-hydrogen) atoms. The molecule has 10 heteroatoms. The average Bonchev–Trinajstić information content (AvgIpc) is 3.01. The SMILES string of the molecule is CCOC1CN(C)C(=O)c2c3c(nn2C1)CCN(C(=O)Nc1ccc(F)c(Cl)c1)C3. The Hall–Kier alpha value is -2.65. The highest BCUT2D eigenvalue weighted by Gasteiger charge is 2.34. The highest BCUT2D eigenvalue weighted by Crippen LogP contribution is 2.27. The number of carbonyl (C=O) groups is 2. The van der Waals surface area contributed by atoms with Crippen LogP contribution in [0.1, 0.15) is 28.7 Å². The number of amides is 3. The van der Waals surface area contributed by atoms with Gasteiger partial charge in [-0.3, -0.25) is 9.48 Å². The van der Waals surface area contributed by atoms with Crippen LogP contribution in [0.3, 0.4) is 0 Å². The van der Waals surface area contributed by atoms with Crippen molar-refractivity contribution < 1.29 is 18.7 Å². The lowest BCUT2D eigenvalue weighted by molar-refractivity contribution is 0.0306. The maximum absolute atomic E-state index is 13.3. The molecule has 1 aromatic heterocycles. The van der Waals surface area contributed by atoms with Gasteiger partial charge < -0.3 is 19.9 Å². The summed E-state index contributed by atoms with van der Waals surface area (Å²) in [6, 6.07) is 3.67. The number of nitrogens with zero attached hydrogens (tertiary/aromatic N) is 4. The van der Waals surface area contributed by atoms with Crippen molar-refractivity contribution >= 4 is 29.2 Å². The van der Waals surface area contributed by atoms with E-state index in [1.165, 1.54) is 18.2 Å². The fraction of sp³-hybridized carbons (Fsp3) is 0.450. The van der Waals surface area contributed by atoms with Gasteiger partial charge >= 0.3 is 6.03 Å². The number of aromatic nitrogens is 2. The average molecular weight is 436 g/mol. The Balaban J connectivity index is 1.56. The first kappa shape index (κ1) is 20.6. The molecule has 2 aromatic rings. The van der Waals surface area contributed by atoms with Gasteiger partial charge in [0, 0.05) is 44.4 Å². The monoisotopic (exact) mass is 435 g/mol. The molecule has 0 aliphatic carbocycles. The summed E-state index contributed by atoms with van der Waals surface area (Å²) in [6.45, 7) is 4.19. The van der Waals surface area contributed by atoms with Crippen molar-refractivity contribution in [3.63, 3.8) is 0 Å². The Morgan fingerprint density at radius 3 is 2.93 bits per heavy atom. The molecule has 0 saturated heterocycles. The van der Waals surface area contributed by atoms with E-state index in [0.29, 0.717) is 44.0 Å². The zero-order valence-corrected chi connectivity index (χ0v) is 17.6. The molecule has 3 amide bonds. The van der Waals surface area contributed by atoms with E-state index in [1.54, 1.807) is 21.5 Å². The number of nitrogens with one attached hydrogen (secondary N) is 1. The zero-order chi connectivity index (χ0) is 21.4. The third-order valence-corrected chi connectivity index (χ3v) is 5.65. The predicted molar refractivity (Wildman–Crippen MR) is 109 cm³/mol. The molecule has 1 unspecified atom stereocenters. The maximum atomic E-state index is 13.3. The number of urea groups is 1. The summed E-state index contributed by atoms with van der Waals surface area (Å²) in [7, 11) is 1.75. The highest BCUT2D eigenvalue weighted by atomic mass is 35.5. The summed E-state index contributed by atoms with van der Waals surface area (Å²) in [6.07, 6.45) is 0.414. The van der Waals surface area contributed by atoms with Gasteiger partial charge in [-0.25, -0.2) is 9.18 Å². The predicted octanol–water partition coefficient (Wildman–Crippen LogP) is 2.76. The number of carbonyl (C=O) groups excluding carboxylic acids is 2. The maximum Gasteiger partial charge on any atom is 0.322 e. The molecular weight excluding hydrogens is 413 g/mol. The second-order valence-corrected chi connectivity index (χ2v) is 7.86. The lowest BCUT2D eigenvalue weighted by atomic mass is 10.0. The van der Waals surface area contributed by atoms with Crippen molar-refractivity contribution in [3.8, 4) is 0 Å². The Morgan fingerprint density at radius 1 is 1.40 bits per heavy atom. The molecule has 2 aliphatic rings. The van der Waals surface area contributed by atoms with E-state index in [1.807, 2.05) is 6.92 Å². The number of ether oxygens (including phenoxy) is 1. The number of likely N-dealkylation sites (N-methyl/N-ethyl adjacent to an activating group) is 1. The van der Waals surface area contributed by atoms with Gasteiger partial charge in [-0.05, 0) is 25.1 Å². The molecule has 0 fully saturated rings. The lowest BCUT2D eigenvalue weighted by Crippen LogP contribution is -2.40. The van der Waals surface area contributed by atoms with Crippen molar-refractivity contribution in [2.24, 2.45) is 0 Å². The molecular formula is C20H23ClFN5O3. The number of hydrogen-bond acceptors (Lipinski definition) is 4. The number of fused-ring (bicyclic) bond motifs is 3. The van der Waals surface area contributed by atoms with Gasteiger partial charge in [-0.1, -0.05) is 11.6 Å². The summed E-state index contributed by atoms with van der Waals surface area (Å²) in [5, 5.41) is 7.31. The summed E-state index contributed by atoms with van der Waals surface area (Å²) >= 11 is 5.79. The molecule has 0 radical (unpaired) electrons. The normalized spacial score (nSPS) is 18.7. The van der Waals surface area contributed by atoms with Gasteiger partial charge in [0.1, 0.15) is 11.5 Å². The second-order valence-electron chi connectivity index (χ2n) is 7.45. The molecule has 0 saturated carbocycles. The van der Waals surface area contributed by atoms with E-state index in [2.05, 4.69) is 10.4 Å².